The Morgan fingerprint density at radius 1 is 1.22 bits per heavy atom. The van der Waals surface area contributed by atoms with Crippen LogP contribution in [0.3, 0.4) is 0 Å². The van der Waals surface area contributed by atoms with Gasteiger partial charge in [0.2, 0.25) is 0 Å². The summed E-state index contributed by atoms with van der Waals surface area (Å²) in [6.07, 6.45) is 0.732. The summed E-state index contributed by atoms with van der Waals surface area (Å²) in [5, 5.41) is 18.2. The Morgan fingerprint density at radius 3 is 2.65 bits per heavy atom. The Balaban J connectivity index is 2.03. The number of nitrogens with zero attached hydrogens (tertiary/aromatic N) is 2. The number of rotatable bonds is 4. The first-order chi connectivity index (χ1) is 11.0. The van der Waals surface area contributed by atoms with E-state index in [0.29, 0.717) is 5.75 Å². The van der Waals surface area contributed by atoms with Crippen LogP contribution in [0.2, 0.25) is 0 Å². The molecule has 1 aromatic carbocycles. The highest BCUT2D eigenvalue weighted by atomic mass is 16.6. The average molecular weight is 314 g/mol. The largest absolute Gasteiger partial charge is 0.707 e. The number of fused-ring (bicyclic) bond motifs is 1. The van der Waals surface area contributed by atoms with Crippen molar-refractivity contribution in [3.63, 3.8) is 0 Å². The lowest BCUT2D eigenvalue weighted by molar-refractivity contribution is 0.287. The van der Waals surface area contributed by atoms with E-state index in [4.69, 9.17) is 19.4 Å². The number of aromatic nitrogens is 1. The fourth-order valence-corrected chi connectivity index (χ4v) is 2.95. The summed E-state index contributed by atoms with van der Waals surface area (Å²) in [4.78, 5) is 6.73. The highest BCUT2D eigenvalue weighted by Crippen LogP contribution is 2.40. The predicted octanol–water partition coefficient (Wildman–Crippen LogP) is 1.75. The normalized spacial score (nSPS) is 13.0. The summed E-state index contributed by atoms with van der Waals surface area (Å²) in [7, 11) is -0.188. The van der Waals surface area contributed by atoms with Crippen molar-refractivity contribution in [3.8, 4) is 11.5 Å². The minimum Gasteiger partial charge on any atom is -0.512 e. The molecule has 0 spiro atoms. The van der Waals surface area contributed by atoms with Gasteiger partial charge < -0.3 is 24.3 Å². The van der Waals surface area contributed by atoms with Crippen LogP contribution >= 0.6 is 0 Å². The fourth-order valence-electron chi connectivity index (χ4n) is 2.95. The zero-order valence-corrected chi connectivity index (χ0v) is 13.4. The summed E-state index contributed by atoms with van der Waals surface area (Å²) >= 11 is 0. The monoisotopic (exact) mass is 314 g/mol. The molecule has 1 aromatic heterocycles. The van der Waals surface area contributed by atoms with E-state index in [1.54, 1.807) is 13.2 Å². The van der Waals surface area contributed by atoms with Gasteiger partial charge in [-0.25, -0.2) is 4.98 Å². The molecule has 3 rings (SSSR count). The topological polar surface area (TPSA) is 75.1 Å². The van der Waals surface area contributed by atoms with Crippen molar-refractivity contribution in [1.29, 1.82) is 0 Å². The molecule has 2 aromatic rings. The Bertz CT molecular complexity index is 736. The molecule has 0 radical (unpaired) electrons. The first kappa shape index (κ1) is 15.6. The Morgan fingerprint density at radius 2 is 2.00 bits per heavy atom. The van der Waals surface area contributed by atoms with E-state index >= 15 is 0 Å². The molecular formula is C16H19BN2O4. The van der Waals surface area contributed by atoms with Gasteiger partial charge in [0, 0.05) is 29.6 Å². The molecule has 0 saturated heterocycles. The molecule has 1 aliphatic heterocycles. The van der Waals surface area contributed by atoms with Gasteiger partial charge in [0.05, 0.1) is 7.11 Å². The summed E-state index contributed by atoms with van der Waals surface area (Å²) in [5.41, 5.74) is 3.79. The molecular weight excluding hydrogens is 295 g/mol. The lowest BCUT2D eigenvalue weighted by atomic mass is 10.1. The van der Waals surface area contributed by atoms with Crippen LogP contribution in [0, 0.1) is 13.8 Å². The molecule has 6 nitrogen and oxygen atoms in total. The third-order valence-electron chi connectivity index (χ3n) is 3.96. The molecule has 0 atom stereocenters. The molecule has 120 valence electrons. The molecule has 7 heteroatoms. The van der Waals surface area contributed by atoms with Crippen molar-refractivity contribution < 1.29 is 19.4 Å². The molecule has 0 saturated carbocycles. The van der Waals surface area contributed by atoms with Crippen molar-refractivity contribution in [2.45, 2.75) is 20.3 Å². The van der Waals surface area contributed by atoms with Crippen molar-refractivity contribution in [2.24, 2.45) is 0 Å². The van der Waals surface area contributed by atoms with Gasteiger partial charge >= 0.3 is 7.32 Å². The van der Waals surface area contributed by atoms with E-state index in [2.05, 4.69) is 9.88 Å². The number of hydrogen-bond acceptors (Lipinski definition) is 6. The SMILES string of the molecule is COc1ccc(N2CCc3c(OB(O)O)cc(C)nc32)c(C)c1. The van der Waals surface area contributed by atoms with Crippen LogP contribution in [0.1, 0.15) is 16.8 Å². The number of benzene rings is 1. The Kier molecular flexibility index (Phi) is 4.15. The number of ether oxygens (including phenoxy) is 1. The van der Waals surface area contributed by atoms with Crippen molar-refractivity contribution in [1.82, 2.24) is 4.98 Å². The van der Waals surface area contributed by atoms with Gasteiger partial charge in [-0.15, -0.1) is 0 Å². The van der Waals surface area contributed by atoms with Crippen LogP contribution in [0.15, 0.2) is 24.3 Å². The molecule has 0 fully saturated rings. The Labute approximate surface area is 135 Å². The predicted molar refractivity (Wildman–Crippen MR) is 88.2 cm³/mol. The fraction of sp³-hybridized carbons (Fsp3) is 0.312. The zero-order valence-electron chi connectivity index (χ0n) is 13.4. The lowest BCUT2D eigenvalue weighted by Crippen LogP contribution is -2.21. The zero-order chi connectivity index (χ0) is 16.6. The average Bonchev–Trinajstić information content (AvgIpc) is 2.90. The summed E-state index contributed by atoms with van der Waals surface area (Å²) < 4.78 is 10.4. The Hall–Kier alpha value is -2.25. The standard InChI is InChI=1S/C16H19BN2O4/c1-10-8-12(22-3)4-5-14(10)19-7-6-13-15(23-17(20)21)9-11(2)18-16(13)19/h4-5,8-9,20-21H,6-7H2,1-3H3. The van der Waals surface area contributed by atoms with Crippen LogP contribution in [0.25, 0.3) is 0 Å². The van der Waals surface area contributed by atoms with E-state index in [9.17, 15) is 0 Å². The van der Waals surface area contributed by atoms with E-state index in [-0.39, 0.29) is 0 Å². The molecule has 2 N–H and O–H groups in total. The number of methoxy groups -OCH3 is 1. The molecule has 0 bridgehead atoms. The van der Waals surface area contributed by atoms with Crippen LogP contribution in [0.5, 0.6) is 11.5 Å². The number of pyridine rings is 1. The quantitative estimate of drug-likeness (QED) is 0.838. The highest BCUT2D eigenvalue weighted by molar-refractivity contribution is 6.33. The van der Waals surface area contributed by atoms with Crippen LogP contribution in [-0.2, 0) is 6.42 Å². The van der Waals surface area contributed by atoms with E-state index in [0.717, 1.165) is 47.0 Å². The van der Waals surface area contributed by atoms with Crippen LogP contribution in [0.4, 0.5) is 11.5 Å². The van der Waals surface area contributed by atoms with Crippen LogP contribution < -0.4 is 14.3 Å². The van der Waals surface area contributed by atoms with Crippen molar-refractivity contribution in [2.75, 3.05) is 18.6 Å². The van der Waals surface area contributed by atoms with Gasteiger partial charge in [0.25, 0.3) is 0 Å². The molecule has 2 heterocycles. The third-order valence-corrected chi connectivity index (χ3v) is 3.96. The smallest absolute Gasteiger partial charge is 0.512 e. The van der Waals surface area contributed by atoms with Gasteiger partial charge in [-0.2, -0.15) is 0 Å². The van der Waals surface area contributed by atoms with E-state index < -0.39 is 7.32 Å². The second-order valence-corrected chi connectivity index (χ2v) is 5.56. The highest BCUT2D eigenvalue weighted by Gasteiger charge is 2.28. The van der Waals surface area contributed by atoms with Gasteiger partial charge in [-0.05, 0) is 44.0 Å². The summed E-state index contributed by atoms with van der Waals surface area (Å²) in [6.45, 7) is 4.64. The molecule has 0 unspecified atom stereocenters. The molecule has 1 aliphatic rings. The number of hydrogen-bond donors (Lipinski definition) is 2. The lowest BCUT2D eigenvalue weighted by Gasteiger charge is -2.22. The number of aryl methyl sites for hydroxylation is 2. The maximum absolute atomic E-state index is 9.10. The molecule has 0 aliphatic carbocycles. The maximum Gasteiger partial charge on any atom is 0.707 e. The first-order valence-corrected chi connectivity index (χ1v) is 7.45. The third kappa shape index (κ3) is 2.97. The number of anilines is 2. The van der Waals surface area contributed by atoms with Gasteiger partial charge in [-0.1, -0.05) is 0 Å². The van der Waals surface area contributed by atoms with Crippen molar-refractivity contribution in [3.05, 3.63) is 41.1 Å². The second-order valence-electron chi connectivity index (χ2n) is 5.56. The van der Waals surface area contributed by atoms with E-state index in [1.165, 1.54) is 0 Å². The van der Waals surface area contributed by atoms with E-state index in [1.807, 2.05) is 32.0 Å². The summed E-state index contributed by atoms with van der Waals surface area (Å²) in [6, 6.07) is 7.64. The van der Waals surface area contributed by atoms with Gasteiger partial charge in [-0.3, -0.25) is 0 Å². The summed E-state index contributed by atoms with van der Waals surface area (Å²) in [5.74, 6) is 2.08. The van der Waals surface area contributed by atoms with Crippen molar-refractivity contribution >= 4 is 18.8 Å². The van der Waals surface area contributed by atoms with Gasteiger partial charge in [0.1, 0.15) is 17.3 Å². The minimum absolute atomic E-state index is 0.469. The van der Waals surface area contributed by atoms with Crippen LogP contribution in [-0.4, -0.2) is 36.0 Å². The van der Waals surface area contributed by atoms with Gasteiger partial charge in [0.15, 0.2) is 0 Å². The second kappa shape index (κ2) is 6.10. The minimum atomic E-state index is -1.84. The molecule has 23 heavy (non-hydrogen) atoms. The first-order valence-electron chi connectivity index (χ1n) is 7.45. The maximum atomic E-state index is 9.10. The molecule has 0 amide bonds.